The number of methoxy groups -OCH3 is 1. The maximum atomic E-state index is 5.79. The van der Waals surface area contributed by atoms with E-state index in [4.69, 9.17) is 4.74 Å². The SMILES string of the molecule is CC.COC1(c2ccccc2)CCN(C)CC1. The van der Waals surface area contributed by atoms with E-state index in [0.29, 0.717) is 0 Å². The summed E-state index contributed by atoms with van der Waals surface area (Å²) in [5.41, 5.74) is 1.27. The normalized spacial score (nSPS) is 19.3. The predicted molar refractivity (Wildman–Crippen MR) is 73.2 cm³/mol. The Kier molecular flexibility index (Phi) is 5.66. The highest BCUT2D eigenvalue weighted by Crippen LogP contribution is 2.35. The molecule has 96 valence electrons. The van der Waals surface area contributed by atoms with Gasteiger partial charge in [-0.3, -0.25) is 0 Å². The van der Waals surface area contributed by atoms with Crippen LogP contribution in [0.1, 0.15) is 32.3 Å². The van der Waals surface area contributed by atoms with Crippen LogP contribution in [-0.2, 0) is 10.3 Å². The number of piperidine rings is 1. The number of nitrogens with zero attached hydrogens (tertiary/aromatic N) is 1. The predicted octanol–water partition coefficient (Wildman–Crippen LogP) is 3.28. The summed E-state index contributed by atoms with van der Waals surface area (Å²) in [6.07, 6.45) is 2.17. The van der Waals surface area contributed by atoms with Crippen molar-refractivity contribution in [2.45, 2.75) is 32.3 Å². The number of ether oxygens (including phenoxy) is 1. The van der Waals surface area contributed by atoms with Crippen LogP contribution in [0.25, 0.3) is 0 Å². The highest BCUT2D eigenvalue weighted by Gasteiger charge is 2.34. The van der Waals surface area contributed by atoms with E-state index in [1.54, 1.807) is 0 Å². The highest BCUT2D eigenvalue weighted by atomic mass is 16.5. The molecule has 1 aliphatic heterocycles. The Morgan fingerprint density at radius 3 is 2.06 bits per heavy atom. The number of hydrogen-bond acceptors (Lipinski definition) is 2. The van der Waals surface area contributed by atoms with Gasteiger partial charge in [0, 0.05) is 20.2 Å². The van der Waals surface area contributed by atoms with Gasteiger partial charge >= 0.3 is 0 Å². The van der Waals surface area contributed by atoms with Gasteiger partial charge in [0.1, 0.15) is 0 Å². The summed E-state index contributed by atoms with van der Waals surface area (Å²) in [4.78, 5) is 2.36. The van der Waals surface area contributed by atoms with Crippen LogP contribution in [0, 0.1) is 0 Å². The van der Waals surface area contributed by atoms with Gasteiger partial charge in [0.15, 0.2) is 0 Å². The summed E-state index contributed by atoms with van der Waals surface area (Å²) < 4.78 is 5.79. The molecule has 0 bridgehead atoms. The minimum absolute atomic E-state index is 0.0478. The second-order valence-corrected chi connectivity index (χ2v) is 4.37. The van der Waals surface area contributed by atoms with Crippen LogP contribution in [0.15, 0.2) is 30.3 Å². The average molecular weight is 235 g/mol. The van der Waals surface area contributed by atoms with Crippen molar-refractivity contribution in [2.75, 3.05) is 27.2 Å². The topological polar surface area (TPSA) is 12.5 Å². The molecule has 0 aliphatic carbocycles. The molecule has 2 nitrogen and oxygen atoms in total. The lowest BCUT2D eigenvalue weighted by Crippen LogP contribution is -2.42. The molecule has 17 heavy (non-hydrogen) atoms. The van der Waals surface area contributed by atoms with E-state index in [1.165, 1.54) is 5.56 Å². The average Bonchev–Trinajstić information content (AvgIpc) is 2.43. The summed E-state index contributed by atoms with van der Waals surface area (Å²) in [5.74, 6) is 0. The van der Waals surface area contributed by atoms with Crippen LogP contribution in [-0.4, -0.2) is 32.1 Å². The second-order valence-electron chi connectivity index (χ2n) is 4.37. The first-order valence-corrected chi connectivity index (χ1v) is 6.56. The fraction of sp³-hybridized carbons (Fsp3) is 0.600. The molecule has 1 aliphatic rings. The minimum atomic E-state index is -0.0478. The molecule has 0 N–H and O–H groups in total. The monoisotopic (exact) mass is 235 g/mol. The van der Waals surface area contributed by atoms with Crippen molar-refractivity contribution in [1.29, 1.82) is 0 Å². The molecule has 1 aromatic carbocycles. The molecule has 0 aromatic heterocycles. The zero-order valence-electron chi connectivity index (χ0n) is 11.6. The van der Waals surface area contributed by atoms with Gasteiger partial charge in [0.25, 0.3) is 0 Å². The third kappa shape index (κ3) is 3.30. The maximum absolute atomic E-state index is 5.79. The first-order valence-electron chi connectivity index (χ1n) is 6.56. The molecule has 1 aromatic rings. The Labute approximate surface area is 106 Å². The van der Waals surface area contributed by atoms with Crippen molar-refractivity contribution in [1.82, 2.24) is 4.90 Å². The number of hydrogen-bond donors (Lipinski definition) is 0. The fourth-order valence-electron chi connectivity index (χ4n) is 2.33. The Balaban J connectivity index is 0.000000686. The van der Waals surface area contributed by atoms with Crippen molar-refractivity contribution in [2.24, 2.45) is 0 Å². The Hall–Kier alpha value is -0.860. The van der Waals surface area contributed by atoms with Gasteiger partial charge in [-0.05, 0) is 25.5 Å². The van der Waals surface area contributed by atoms with E-state index in [-0.39, 0.29) is 5.60 Å². The van der Waals surface area contributed by atoms with Gasteiger partial charge in [-0.1, -0.05) is 44.2 Å². The third-order valence-corrected chi connectivity index (χ3v) is 3.49. The van der Waals surface area contributed by atoms with E-state index in [9.17, 15) is 0 Å². The number of benzene rings is 1. The van der Waals surface area contributed by atoms with Crippen molar-refractivity contribution >= 4 is 0 Å². The summed E-state index contributed by atoms with van der Waals surface area (Å²) in [6.45, 7) is 6.23. The fourth-order valence-corrected chi connectivity index (χ4v) is 2.33. The molecular weight excluding hydrogens is 210 g/mol. The lowest BCUT2D eigenvalue weighted by atomic mass is 9.84. The minimum Gasteiger partial charge on any atom is -0.373 e. The number of likely N-dealkylation sites (tertiary alicyclic amines) is 1. The standard InChI is InChI=1S/C13H19NO.C2H6/c1-14-10-8-13(15-2,9-11-14)12-6-4-3-5-7-12;1-2/h3-7H,8-11H2,1-2H3;1-2H3. The van der Waals surface area contributed by atoms with Crippen molar-refractivity contribution < 1.29 is 4.74 Å². The van der Waals surface area contributed by atoms with E-state index in [2.05, 4.69) is 42.3 Å². The molecule has 1 saturated heterocycles. The molecule has 2 heteroatoms. The van der Waals surface area contributed by atoms with Crippen molar-refractivity contribution in [3.05, 3.63) is 35.9 Å². The molecular formula is C15H25NO. The molecule has 0 amide bonds. The summed E-state index contributed by atoms with van der Waals surface area (Å²) in [7, 11) is 4.00. The van der Waals surface area contributed by atoms with Crippen LogP contribution >= 0.6 is 0 Å². The van der Waals surface area contributed by atoms with Crippen LogP contribution in [0.5, 0.6) is 0 Å². The van der Waals surface area contributed by atoms with E-state index in [0.717, 1.165) is 25.9 Å². The molecule has 0 spiro atoms. The Morgan fingerprint density at radius 2 is 1.59 bits per heavy atom. The molecule has 0 atom stereocenters. The summed E-state index contributed by atoms with van der Waals surface area (Å²) in [6, 6.07) is 10.6. The molecule has 1 fully saturated rings. The van der Waals surface area contributed by atoms with Crippen molar-refractivity contribution in [3.8, 4) is 0 Å². The van der Waals surface area contributed by atoms with Gasteiger partial charge in [-0.2, -0.15) is 0 Å². The van der Waals surface area contributed by atoms with E-state index < -0.39 is 0 Å². The Morgan fingerprint density at radius 1 is 1.06 bits per heavy atom. The lowest BCUT2D eigenvalue weighted by Gasteiger charge is -2.40. The lowest BCUT2D eigenvalue weighted by molar-refractivity contribution is -0.0585. The molecule has 2 rings (SSSR count). The first kappa shape index (κ1) is 14.2. The van der Waals surface area contributed by atoms with E-state index >= 15 is 0 Å². The quantitative estimate of drug-likeness (QED) is 0.780. The molecule has 1 heterocycles. The van der Waals surface area contributed by atoms with Gasteiger partial charge < -0.3 is 9.64 Å². The largest absolute Gasteiger partial charge is 0.373 e. The van der Waals surface area contributed by atoms with Crippen LogP contribution in [0.2, 0.25) is 0 Å². The molecule has 0 radical (unpaired) electrons. The van der Waals surface area contributed by atoms with E-state index in [1.807, 2.05) is 21.0 Å². The number of rotatable bonds is 2. The van der Waals surface area contributed by atoms with Gasteiger partial charge in [-0.15, -0.1) is 0 Å². The van der Waals surface area contributed by atoms with Gasteiger partial charge in [0.2, 0.25) is 0 Å². The molecule has 0 unspecified atom stereocenters. The van der Waals surface area contributed by atoms with Gasteiger partial charge in [-0.25, -0.2) is 0 Å². The highest BCUT2D eigenvalue weighted by molar-refractivity contribution is 5.23. The summed E-state index contributed by atoms with van der Waals surface area (Å²) in [5, 5.41) is 0. The summed E-state index contributed by atoms with van der Waals surface area (Å²) >= 11 is 0. The van der Waals surface area contributed by atoms with Crippen LogP contribution in [0.3, 0.4) is 0 Å². The zero-order valence-corrected chi connectivity index (χ0v) is 11.6. The van der Waals surface area contributed by atoms with Crippen LogP contribution < -0.4 is 0 Å². The maximum Gasteiger partial charge on any atom is 0.0951 e. The smallest absolute Gasteiger partial charge is 0.0951 e. The van der Waals surface area contributed by atoms with Gasteiger partial charge in [0.05, 0.1) is 5.60 Å². The van der Waals surface area contributed by atoms with Crippen molar-refractivity contribution in [3.63, 3.8) is 0 Å². The Bertz CT molecular complexity index is 302. The zero-order chi connectivity index (χ0) is 12.7. The van der Waals surface area contributed by atoms with Crippen LogP contribution in [0.4, 0.5) is 0 Å². The first-order chi connectivity index (χ1) is 8.27. The molecule has 0 saturated carbocycles. The third-order valence-electron chi connectivity index (χ3n) is 3.49. The second kappa shape index (κ2) is 6.77.